The highest BCUT2D eigenvalue weighted by Crippen LogP contribution is 2.49. The number of amides is 1. The summed E-state index contributed by atoms with van der Waals surface area (Å²) in [7, 11) is 3.99. The zero-order valence-electron chi connectivity index (χ0n) is 16.8. The Kier molecular flexibility index (Phi) is 6.25. The number of benzene rings is 3. The highest BCUT2D eigenvalue weighted by atomic mass is 79.9. The van der Waals surface area contributed by atoms with Crippen LogP contribution in [0.1, 0.15) is 21.9 Å². The number of hydrazone groups is 1. The number of nitrogens with one attached hydrogen (secondary N) is 1. The van der Waals surface area contributed by atoms with Crippen molar-refractivity contribution in [1.82, 2.24) is 5.43 Å². The van der Waals surface area contributed by atoms with Gasteiger partial charge in [-0.2, -0.15) is 5.10 Å². The number of carbonyl (C=O) groups is 1. The van der Waals surface area contributed by atoms with E-state index in [1.165, 1.54) is 22.3 Å². The molecule has 0 heterocycles. The summed E-state index contributed by atoms with van der Waals surface area (Å²) in [4.78, 5) is 14.4. The minimum atomic E-state index is -0.109. The number of rotatable bonds is 6. The molecule has 0 aliphatic heterocycles. The Morgan fingerprint density at radius 2 is 1.70 bits per heavy atom. The van der Waals surface area contributed by atoms with E-state index in [0.29, 0.717) is 5.75 Å². The molecule has 1 aliphatic rings. The maximum Gasteiger partial charge on any atom is 0.250 e. The van der Waals surface area contributed by atoms with Gasteiger partial charge in [0, 0.05) is 18.6 Å². The Labute approximate surface area is 189 Å². The van der Waals surface area contributed by atoms with E-state index in [-0.39, 0.29) is 11.2 Å². The van der Waals surface area contributed by atoms with E-state index in [2.05, 4.69) is 75.0 Å². The normalized spacial score (nSPS) is 12.6. The molecule has 0 unspecified atom stereocenters. The fourth-order valence-corrected chi connectivity index (χ4v) is 5.53. The second-order valence-corrected chi connectivity index (χ2v) is 9.21. The molecule has 0 saturated heterocycles. The minimum absolute atomic E-state index is 0.109. The molecular weight excluding hydrogens is 458 g/mol. The lowest BCUT2D eigenvalue weighted by molar-refractivity contribution is -0.118. The Balaban J connectivity index is 1.38. The average Bonchev–Trinajstić information content (AvgIpc) is 3.06. The van der Waals surface area contributed by atoms with Crippen molar-refractivity contribution in [2.75, 3.05) is 24.7 Å². The van der Waals surface area contributed by atoms with Crippen molar-refractivity contribution in [3.63, 3.8) is 0 Å². The smallest absolute Gasteiger partial charge is 0.250 e. The van der Waals surface area contributed by atoms with Crippen LogP contribution in [0.2, 0.25) is 0 Å². The van der Waals surface area contributed by atoms with Crippen LogP contribution in [-0.2, 0) is 4.79 Å². The number of anilines is 1. The first kappa shape index (κ1) is 20.7. The molecule has 3 aromatic rings. The number of carbonyl (C=O) groups excluding carboxylic acids is 1. The van der Waals surface area contributed by atoms with Gasteiger partial charge in [0.1, 0.15) is 0 Å². The first-order chi connectivity index (χ1) is 14.5. The fourth-order valence-electron chi connectivity index (χ4n) is 3.63. The second kappa shape index (κ2) is 9.06. The average molecular weight is 480 g/mol. The molecule has 0 saturated carbocycles. The predicted molar refractivity (Wildman–Crippen MR) is 130 cm³/mol. The molecule has 1 amide bonds. The zero-order chi connectivity index (χ0) is 21.1. The van der Waals surface area contributed by atoms with Crippen LogP contribution in [0.15, 0.2) is 76.3 Å². The van der Waals surface area contributed by atoms with E-state index in [9.17, 15) is 4.79 Å². The number of hydrogen-bond acceptors (Lipinski definition) is 4. The topological polar surface area (TPSA) is 44.7 Å². The summed E-state index contributed by atoms with van der Waals surface area (Å²) < 4.78 is 0.983. The number of hydrogen-bond donors (Lipinski definition) is 1. The third-order valence-electron chi connectivity index (χ3n) is 5.01. The Morgan fingerprint density at radius 1 is 1.07 bits per heavy atom. The molecule has 4 rings (SSSR count). The van der Waals surface area contributed by atoms with Gasteiger partial charge in [-0.3, -0.25) is 4.79 Å². The highest BCUT2D eigenvalue weighted by Gasteiger charge is 2.28. The van der Waals surface area contributed by atoms with Crippen molar-refractivity contribution >= 4 is 45.5 Å². The molecule has 3 aromatic carbocycles. The largest absolute Gasteiger partial charge is 0.377 e. The van der Waals surface area contributed by atoms with Crippen LogP contribution in [-0.4, -0.2) is 32.0 Å². The van der Waals surface area contributed by atoms with Gasteiger partial charge in [-0.15, -0.1) is 11.8 Å². The van der Waals surface area contributed by atoms with Crippen LogP contribution < -0.4 is 10.3 Å². The van der Waals surface area contributed by atoms with Crippen molar-refractivity contribution < 1.29 is 4.79 Å². The first-order valence-electron chi connectivity index (χ1n) is 9.63. The lowest BCUT2D eigenvalue weighted by atomic mass is 10.1. The number of nitrogens with zero attached hydrogens (tertiary/aromatic N) is 2. The summed E-state index contributed by atoms with van der Waals surface area (Å²) >= 11 is 5.20. The zero-order valence-corrected chi connectivity index (χ0v) is 19.2. The van der Waals surface area contributed by atoms with Crippen LogP contribution in [0.5, 0.6) is 0 Å². The van der Waals surface area contributed by atoms with Crippen molar-refractivity contribution in [1.29, 1.82) is 0 Å². The van der Waals surface area contributed by atoms with Gasteiger partial charge in [0.05, 0.1) is 22.9 Å². The quantitative estimate of drug-likeness (QED) is 0.376. The van der Waals surface area contributed by atoms with E-state index in [1.54, 1.807) is 18.0 Å². The van der Waals surface area contributed by atoms with Crippen LogP contribution in [0, 0.1) is 0 Å². The summed E-state index contributed by atoms with van der Waals surface area (Å²) in [6.45, 7) is 0. The molecule has 0 atom stereocenters. The summed E-state index contributed by atoms with van der Waals surface area (Å²) in [5.41, 5.74) is 9.71. The Bertz CT molecular complexity index is 1070. The van der Waals surface area contributed by atoms with Gasteiger partial charge in [-0.05, 0) is 55.9 Å². The lowest BCUT2D eigenvalue weighted by Crippen LogP contribution is -2.20. The molecule has 1 N–H and O–H groups in total. The molecule has 4 nitrogen and oxygen atoms in total. The molecule has 0 fully saturated rings. The van der Waals surface area contributed by atoms with Crippen LogP contribution in [0.4, 0.5) is 5.69 Å². The molecular formula is C24H22BrN3OS. The van der Waals surface area contributed by atoms with Gasteiger partial charge in [0.25, 0.3) is 0 Å². The predicted octanol–water partition coefficient (Wildman–Crippen LogP) is 5.47. The minimum Gasteiger partial charge on any atom is -0.377 e. The lowest BCUT2D eigenvalue weighted by Gasteiger charge is -2.14. The third kappa shape index (κ3) is 4.30. The van der Waals surface area contributed by atoms with E-state index in [1.807, 2.05) is 37.2 Å². The molecule has 6 heteroatoms. The molecule has 1 aliphatic carbocycles. The molecule has 0 bridgehead atoms. The summed E-state index contributed by atoms with van der Waals surface area (Å²) in [6, 6.07) is 22.8. The highest BCUT2D eigenvalue weighted by molar-refractivity contribution is 9.10. The maximum absolute atomic E-state index is 12.4. The van der Waals surface area contributed by atoms with E-state index in [4.69, 9.17) is 0 Å². The van der Waals surface area contributed by atoms with Gasteiger partial charge in [0.15, 0.2) is 0 Å². The summed E-state index contributed by atoms with van der Waals surface area (Å²) in [5, 5.41) is 4.29. The van der Waals surface area contributed by atoms with Crippen LogP contribution >= 0.6 is 27.7 Å². The van der Waals surface area contributed by atoms with E-state index in [0.717, 1.165) is 15.7 Å². The summed E-state index contributed by atoms with van der Waals surface area (Å²) in [5.74, 6) is 0.232. The number of thioether (sulfide) groups is 1. The number of fused-ring (bicyclic) bond motifs is 3. The first-order valence-corrected chi connectivity index (χ1v) is 11.5. The third-order valence-corrected chi connectivity index (χ3v) is 6.92. The van der Waals surface area contributed by atoms with Crippen molar-refractivity contribution in [2.45, 2.75) is 5.25 Å². The SMILES string of the molecule is CN(C)c1ccc(/C=N\NC(=O)CSC2c3ccccc3-c3ccccc32)cc1Br. The number of halogens is 1. The standard InChI is InChI=1S/C24H22BrN3OS/c1-28(2)22-12-11-16(13-21(22)25)14-26-27-23(29)15-30-24-19-9-5-3-7-17(19)18-8-4-6-10-20(18)24/h3-14,24H,15H2,1-2H3,(H,27,29)/b26-14-. The van der Waals surface area contributed by atoms with Gasteiger partial charge in [0.2, 0.25) is 5.91 Å². The van der Waals surface area contributed by atoms with Crippen LogP contribution in [0.3, 0.4) is 0 Å². The van der Waals surface area contributed by atoms with Crippen molar-refractivity contribution in [3.05, 3.63) is 87.9 Å². The molecule has 0 spiro atoms. The second-order valence-electron chi connectivity index (χ2n) is 7.26. The maximum atomic E-state index is 12.4. The van der Waals surface area contributed by atoms with E-state index < -0.39 is 0 Å². The molecule has 30 heavy (non-hydrogen) atoms. The fraction of sp³-hybridized carbons (Fsp3) is 0.167. The monoisotopic (exact) mass is 479 g/mol. The van der Waals surface area contributed by atoms with Gasteiger partial charge in [-0.1, -0.05) is 54.6 Å². The van der Waals surface area contributed by atoms with Gasteiger partial charge in [-0.25, -0.2) is 5.43 Å². The van der Waals surface area contributed by atoms with Crippen molar-refractivity contribution in [2.24, 2.45) is 5.10 Å². The Hall–Kier alpha value is -2.57. The molecule has 152 valence electrons. The Morgan fingerprint density at radius 3 is 2.30 bits per heavy atom. The summed E-state index contributed by atoms with van der Waals surface area (Å²) in [6.07, 6.45) is 1.66. The van der Waals surface area contributed by atoms with Crippen molar-refractivity contribution in [3.8, 4) is 11.1 Å². The molecule has 0 aromatic heterocycles. The van der Waals surface area contributed by atoms with Gasteiger partial charge < -0.3 is 4.90 Å². The van der Waals surface area contributed by atoms with Crippen LogP contribution in [0.25, 0.3) is 11.1 Å². The molecule has 0 radical (unpaired) electrons. The van der Waals surface area contributed by atoms with E-state index >= 15 is 0 Å². The van der Waals surface area contributed by atoms with Gasteiger partial charge >= 0.3 is 0 Å².